The van der Waals surface area contributed by atoms with Crippen molar-refractivity contribution in [3.8, 4) is 0 Å². The topological polar surface area (TPSA) is 89.2 Å². The number of carbonyl (C=O) groups is 1. The summed E-state index contributed by atoms with van der Waals surface area (Å²) in [7, 11) is 1.33. The zero-order chi connectivity index (χ0) is 21.5. The smallest absolute Gasteiger partial charge is 0.268 e. The molecule has 0 spiro atoms. The molecule has 2 heterocycles. The highest BCUT2D eigenvalue weighted by Gasteiger charge is 2.21. The van der Waals surface area contributed by atoms with E-state index in [1.807, 2.05) is 32.4 Å². The van der Waals surface area contributed by atoms with E-state index in [-0.39, 0.29) is 10.8 Å². The van der Waals surface area contributed by atoms with Gasteiger partial charge in [-0.2, -0.15) is 5.10 Å². The summed E-state index contributed by atoms with van der Waals surface area (Å²) in [6, 6.07) is 6.68. The summed E-state index contributed by atoms with van der Waals surface area (Å²) in [4.78, 5) is 13.1. The third-order valence-electron chi connectivity index (χ3n) is 5.28. The molecule has 0 atom stereocenters. The maximum Gasteiger partial charge on any atom is 0.268 e. The molecule has 1 aromatic carbocycles. The Hall–Kier alpha value is -2.65. The summed E-state index contributed by atoms with van der Waals surface area (Å²) >= 11 is 0. The molecule has 0 aliphatic carbocycles. The molecule has 3 rings (SSSR count). The van der Waals surface area contributed by atoms with E-state index in [0.717, 1.165) is 22.5 Å². The molecule has 8 nitrogen and oxygen atoms in total. The fourth-order valence-electron chi connectivity index (χ4n) is 3.48. The number of amides is 1. The zero-order valence-corrected chi connectivity index (χ0v) is 18.5. The van der Waals surface area contributed by atoms with Gasteiger partial charge in [-0.1, -0.05) is 0 Å². The summed E-state index contributed by atoms with van der Waals surface area (Å²) in [6.07, 6.45) is 0. The third-order valence-corrected chi connectivity index (χ3v) is 7.10. The molecule has 0 saturated heterocycles. The zero-order valence-electron chi connectivity index (χ0n) is 17.6. The minimum Gasteiger partial charge on any atom is -0.347 e. The molecule has 1 amide bonds. The fraction of sp³-hybridized carbons (Fsp3) is 0.400. The molecule has 0 aliphatic heterocycles. The van der Waals surface area contributed by atoms with Gasteiger partial charge >= 0.3 is 0 Å². The maximum absolute atomic E-state index is 12.9. The van der Waals surface area contributed by atoms with Crippen LogP contribution in [0, 0.1) is 13.8 Å². The van der Waals surface area contributed by atoms with E-state index >= 15 is 0 Å². The number of rotatable bonds is 6. The minimum atomic E-state index is -3.54. The Morgan fingerprint density at radius 1 is 1.21 bits per heavy atom. The van der Waals surface area contributed by atoms with E-state index in [1.165, 1.54) is 18.4 Å². The van der Waals surface area contributed by atoms with Crippen LogP contribution in [-0.2, 0) is 30.2 Å². The van der Waals surface area contributed by atoms with Crippen molar-refractivity contribution in [1.29, 1.82) is 0 Å². The first-order valence-electron chi connectivity index (χ1n) is 9.41. The maximum atomic E-state index is 12.9. The Labute approximate surface area is 171 Å². The van der Waals surface area contributed by atoms with Gasteiger partial charge in [0.1, 0.15) is 5.69 Å². The van der Waals surface area contributed by atoms with Crippen LogP contribution in [0.5, 0.6) is 0 Å². The van der Waals surface area contributed by atoms with E-state index < -0.39 is 10.0 Å². The molecular formula is C20H27N5O3S. The van der Waals surface area contributed by atoms with Crippen molar-refractivity contribution >= 4 is 26.8 Å². The number of sulfonamides is 1. The van der Waals surface area contributed by atoms with Crippen LogP contribution in [0.15, 0.2) is 29.2 Å². The molecule has 0 unspecified atom stereocenters. The number of nitrogens with one attached hydrogen (secondary N) is 1. The van der Waals surface area contributed by atoms with Gasteiger partial charge in [-0.3, -0.25) is 9.48 Å². The fourth-order valence-corrected chi connectivity index (χ4v) is 4.42. The quantitative estimate of drug-likeness (QED) is 0.666. The van der Waals surface area contributed by atoms with Gasteiger partial charge in [0.05, 0.1) is 10.6 Å². The van der Waals surface area contributed by atoms with Crippen LogP contribution in [0.4, 0.5) is 0 Å². The summed E-state index contributed by atoms with van der Waals surface area (Å²) in [5, 5.41) is 8.06. The Morgan fingerprint density at radius 2 is 1.90 bits per heavy atom. The van der Waals surface area contributed by atoms with Crippen LogP contribution in [0.3, 0.4) is 0 Å². The predicted molar refractivity (Wildman–Crippen MR) is 112 cm³/mol. The van der Waals surface area contributed by atoms with E-state index in [4.69, 9.17) is 0 Å². The average molecular weight is 418 g/mol. The number of fused-ring (bicyclic) bond motifs is 1. The van der Waals surface area contributed by atoms with Gasteiger partial charge in [0.25, 0.3) is 5.91 Å². The SMILES string of the molecule is CCn1c(C(=O)NCc2c(C)nn(C)c2C)cc2cc(S(=O)(=O)N(C)C)ccc21. The number of carbonyl (C=O) groups excluding carboxylic acids is 1. The second kappa shape index (κ2) is 7.64. The van der Waals surface area contributed by atoms with Gasteiger partial charge in [-0.05, 0) is 45.0 Å². The van der Waals surface area contributed by atoms with E-state index in [0.29, 0.717) is 24.2 Å². The Morgan fingerprint density at radius 3 is 2.45 bits per heavy atom. The second-order valence-corrected chi connectivity index (χ2v) is 9.39. The number of benzene rings is 1. The van der Waals surface area contributed by atoms with Gasteiger partial charge in [0.15, 0.2) is 0 Å². The first kappa shape index (κ1) is 21.1. The van der Waals surface area contributed by atoms with E-state index in [2.05, 4.69) is 10.4 Å². The average Bonchev–Trinajstić information content (AvgIpc) is 3.16. The number of hydrogen-bond acceptors (Lipinski definition) is 4. The van der Waals surface area contributed by atoms with E-state index in [9.17, 15) is 13.2 Å². The normalized spacial score (nSPS) is 12.1. The van der Waals surface area contributed by atoms with Crippen molar-refractivity contribution in [2.24, 2.45) is 7.05 Å². The van der Waals surface area contributed by atoms with Crippen LogP contribution >= 0.6 is 0 Å². The summed E-state index contributed by atoms with van der Waals surface area (Å²) in [5.74, 6) is -0.206. The molecule has 0 bridgehead atoms. The van der Waals surface area contributed by atoms with Crippen LogP contribution < -0.4 is 5.32 Å². The second-order valence-electron chi connectivity index (χ2n) is 7.24. The van der Waals surface area contributed by atoms with Crippen LogP contribution in [0.1, 0.15) is 34.4 Å². The molecular weight excluding hydrogens is 390 g/mol. The number of aryl methyl sites for hydroxylation is 3. The first-order chi connectivity index (χ1) is 13.6. The number of nitrogens with zero attached hydrogens (tertiary/aromatic N) is 4. The Balaban J connectivity index is 1.95. The molecule has 0 radical (unpaired) electrons. The van der Waals surface area contributed by atoms with Gasteiger partial charge in [0.2, 0.25) is 10.0 Å². The van der Waals surface area contributed by atoms with Gasteiger partial charge in [-0.25, -0.2) is 12.7 Å². The van der Waals surface area contributed by atoms with Crippen molar-refractivity contribution < 1.29 is 13.2 Å². The van der Waals surface area contributed by atoms with Crippen LogP contribution in [0.2, 0.25) is 0 Å². The van der Waals surface area contributed by atoms with E-state index in [1.54, 1.807) is 28.9 Å². The number of hydrogen-bond donors (Lipinski definition) is 1. The van der Waals surface area contributed by atoms with Gasteiger partial charge in [-0.15, -0.1) is 0 Å². The lowest BCUT2D eigenvalue weighted by atomic mass is 10.2. The van der Waals surface area contributed by atoms with Crippen LogP contribution in [0.25, 0.3) is 10.9 Å². The van der Waals surface area contributed by atoms with Gasteiger partial charge < -0.3 is 9.88 Å². The predicted octanol–water partition coefficient (Wildman–Crippen LogP) is 2.19. The minimum absolute atomic E-state index is 0.205. The van der Waals surface area contributed by atoms with Crippen molar-refractivity contribution in [2.45, 2.75) is 38.8 Å². The highest BCUT2D eigenvalue weighted by atomic mass is 32.2. The number of aromatic nitrogens is 3. The molecule has 0 fully saturated rings. The molecule has 2 aromatic heterocycles. The van der Waals surface area contributed by atoms with Crippen LogP contribution in [-0.4, -0.2) is 47.1 Å². The van der Waals surface area contributed by atoms with Crippen molar-refractivity contribution in [1.82, 2.24) is 24.0 Å². The lowest BCUT2D eigenvalue weighted by molar-refractivity contribution is 0.0942. The van der Waals surface area contributed by atoms with Crippen molar-refractivity contribution in [2.75, 3.05) is 14.1 Å². The largest absolute Gasteiger partial charge is 0.347 e. The molecule has 1 N–H and O–H groups in total. The molecule has 9 heteroatoms. The highest BCUT2D eigenvalue weighted by molar-refractivity contribution is 7.89. The standard InChI is InChI=1S/C20H27N5O3S/c1-7-25-18-9-8-16(29(27,28)23(4)5)10-15(18)11-19(25)20(26)21-12-17-13(2)22-24(6)14(17)3/h8-11H,7,12H2,1-6H3,(H,21,26). The highest BCUT2D eigenvalue weighted by Crippen LogP contribution is 2.25. The van der Waals surface area contributed by atoms with Gasteiger partial charge in [0, 0.05) is 56.4 Å². The van der Waals surface area contributed by atoms with Crippen molar-refractivity contribution in [3.63, 3.8) is 0 Å². The third kappa shape index (κ3) is 3.67. The van der Waals surface area contributed by atoms with Crippen molar-refractivity contribution in [3.05, 3.63) is 46.9 Å². The molecule has 3 aromatic rings. The molecule has 29 heavy (non-hydrogen) atoms. The first-order valence-corrected chi connectivity index (χ1v) is 10.8. The summed E-state index contributed by atoms with van der Waals surface area (Å²) < 4.78 is 29.7. The Kier molecular flexibility index (Phi) is 5.55. The lowest BCUT2D eigenvalue weighted by Crippen LogP contribution is -2.25. The molecule has 0 saturated carbocycles. The molecule has 0 aliphatic rings. The Bertz CT molecular complexity index is 1190. The summed E-state index contributed by atoms with van der Waals surface area (Å²) in [5.41, 5.74) is 4.22. The lowest BCUT2D eigenvalue weighted by Gasteiger charge is -2.12. The summed E-state index contributed by atoms with van der Waals surface area (Å²) in [6.45, 7) is 6.82. The monoisotopic (exact) mass is 417 g/mol. The molecule has 156 valence electrons.